The van der Waals surface area contributed by atoms with Gasteiger partial charge in [0.25, 0.3) is 0 Å². The summed E-state index contributed by atoms with van der Waals surface area (Å²) in [5.41, 5.74) is 7.06. The van der Waals surface area contributed by atoms with Crippen molar-refractivity contribution in [3.05, 3.63) is 48.0 Å². The zero-order valence-electron chi connectivity index (χ0n) is 16.0. The first-order chi connectivity index (χ1) is 12.6. The Hall–Kier alpha value is -1.95. The molecule has 0 saturated heterocycles. The fraction of sp³-hybridized carbons (Fsp3) is 0.476. The van der Waals surface area contributed by atoms with Gasteiger partial charge in [-0.2, -0.15) is 0 Å². The lowest BCUT2D eigenvalue weighted by molar-refractivity contribution is -0.159. The Balaban J connectivity index is 2.14. The van der Waals surface area contributed by atoms with Gasteiger partial charge in [-0.1, -0.05) is 42.5 Å². The quantitative estimate of drug-likeness (QED) is 0.663. The van der Waals surface area contributed by atoms with Crippen molar-refractivity contribution in [2.24, 2.45) is 5.73 Å². The maximum absolute atomic E-state index is 12.6. The number of carbonyl (C=O) groups excluding carboxylic acids is 1. The van der Waals surface area contributed by atoms with E-state index in [0.29, 0.717) is 26.3 Å². The molecule has 0 unspecified atom stereocenters. The number of carbonyl (C=O) groups is 1. The van der Waals surface area contributed by atoms with Crippen molar-refractivity contribution in [2.45, 2.75) is 39.5 Å². The fourth-order valence-corrected chi connectivity index (χ4v) is 3.05. The molecule has 142 valence electrons. The third-order valence-electron chi connectivity index (χ3n) is 4.31. The zero-order chi connectivity index (χ0) is 18.9. The fourth-order valence-electron chi connectivity index (χ4n) is 3.05. The lowest BCUT2D eigenvalue weighted by Crippen LogP contribution is -2.47. The summed E-state index contributed by atoms with van der Waals surface area (Å²) < 4.78 is 11.2. The van der Waals surface area contributed by atoms with E-state index < -0.39 is 12.3 Å². The number of rotatable bonds is 10. The van der Waals surface area contributed by atoms with Crippen molar-refractivity contribution in [2.75, 3.05) is 26.3 Å². The van der Waals surface area contributed by atoms with Gasteiger partial charge in [-0.3, -0.25) is 4.79 Å². The number of benzene rings is 2. The average molecular weight is 358 g/mol. The maximum atomic E-state index is 12.6. The molecule has 0 radical (unpaired) electrons. The molecule has 2 aromatic rings. The molecule has 0 aliphatic rings. The van der Waals surface area contributed by atoms with Gasteiger partial charge in [-0.05, 0) is 43.5 Å². The predicted molar refractivity (Wildman–Crippen MR) is 105 cm³/mol. The minimum Gasteiger partial charge on any atom is -0.351 e. The van der Waals surface area contributed by atoms with Gasteiger partial charge in [-0.15, -0.1) is 0 Å². The molecule has 1 amide bonds. The van der Waals surface area contributed by atoms with E-state index in [0.717, 1.165) is 6.42 Å². The van der Waals surface area contributed by atoms with E-state index in [1.807, 2.05) is 26.0 Å². The van der Waals surface area contributed by atoms with Crippen LogP contribution in [0.15, 0.2) is 42.5 Å². The van der Waals surface area contributed by atoms with E-state index in [1.165, 1.54) is 16.3 Å². The van der Waals surface area contributed by atoms with E-state index >= 15 is 0 Å². The maximum Gasteiger partial charge on any atom is 0.239 e. The number of ether oxygens (including phenoxy) is 2. The molecule has 5 nitrogen and oxygen atoms in total. The van der Waals surface area contributed by atoms with Gasteiger partial charge in [0, 0.05) is 19.8 Å². The first-order valence-electron chi connectivity index (χ1n) is 9.31. The second-order valence-corrected chi connectivity index (χ2v) is 6.30. The number of hydrogen-bond donors (Lipinski definition) is 1. The number of amides is 1. The van der Waals surface area contributed by atoms with Crippen molar-refractivity contribution >= 4 is 16.7 Å². The molecule has 0 aliphatic heterocycles. The Morgan fingerprint density at radius 2 is 1.73 bits per heavy atom. The molecular formula is C21H30N2O3. The van der Waals surface area contributed by atoms with Gasteiger partial charge in [0.2, 0.25) is 5.91 Å². The molecule has 0 saturated carbocycles. The highest BCUT2D eigenvalue weighted by Gasteiger charge is 2.22. The molecule has 0 bridgehead atoms. The lowest BCUT2D eigenvalue weighted by Gasteiger charge is -2.29. The monoisotopic (exact) mass is 358 g/mol. The molecule has 0 aliphatic carbocycles. The van der Waals surface area contributed by atoms with Crippen LogP contribution in [0, 0.1) is 0 Å². The molecule has 0 heterocycles. The summed E-state index contributed by atoms with van der Waals surface area (Å²) in [6, 6.07) is 14.0. The minimum absolute atomic E-state index is 0.0883. The van der Waals surface area contributed by atoms with Gasteiger partial charge < -0.3 is 20.1 Å². The highest BCUT2D eigenvalue weighted by molar-refractivity contribution is 5.86. The van der Waals surface area contributed by atoms with Crippen LogP contribution in [0.25, 0.3) is 10.8 Å². The van der Waals surface area contributed by atoms with E-state index in [2.05, 4.69) is 30.3 Å². The van der Waals surface area contributed by atoms with Crippen LogP contribution in [0.5, 0.6) is 0 Å². The van der Waals surface area contributed by atoms with Crippen LogP contribution < -0.4 is 5.73 Å². The SMILES string of the molecule is CCOC(CN(CCc1cccc2ccccc12)C(=O)[C@H](C)N)OCC. The molecule has 26 heavy (non-hydrogen) atoms. The summed E-state index contributed by atoms with van der Waals surface area (Å²) in [6.45, 7) is 7.57. The van der Waals surface area contributed by atoms with Crippen LogP contribution >= 0.6 is 0 Å². The Morgan fingerprint density at radius 1 is 1.08 bits per heavy atom. The van der Waals surface area contributed by atoms with Crippen molar-refractivity contribution in [1.82, 2.24) is 4.90 Å². The Labute approximate surface area is 156 Å². The molecule has 1 atom stereocenters. The summed E-state index contributed by atoms with van der Waals surface area (Å²) in [5.74, 6) is -0.0883. The van der Waals surface area contributed by atoms with E-state index in [4.69, 9.17) is 15.2 Å². The molecule has 5 heteroatoms. The highest BCUT2D eigenvalue weighted by Crippen LogP contribution is 2.19. The van der Waals surface area contributed by atoms with Gasteiger partial charge in [0.1, 0.15) is 0 Å². The number of fused-ring (bicyclic) bond motifs is 1. The van der Waals surface area contributed by atoms with E-state index in [-0.39, 0.29) is 5.91 Å². The first kappa shape index (κ1) is 20.4. The molecule has 0 fully saturated rings. The van der Waals surface area contributed by atoms with Gasteiger partial charge in [0.05, 0.1) is 12.6 Å². The number of hydrogen-bond acceptors (Lipinski definition) is 4. The molecule has 0 aromatic heterocycles. The molecule has 2 aromatic carbocycles. The van der Waals surface area contributed by atoms with Crippen molar-refractivity contribution < 1.29 is 14.3 Å². The second-order valence-electron chi connectivity index (χ2n) is 6.30. The standard InChI is InChI=1S/C21H30N2O3/c1-4-25-20(26-5-2)15-23(21(24)16(3)22)14-13-18-11-8-10-17-9-6-7-12-19(17)18/h6-12,16,20H,4-5,13-15,22H2,1-3H3/t16-/m0/s1. The van der Waals surface area contributed by atoms with Crippen LogP contribution in [0.4, 0.5) is 0 Å². The van der Waals surface area contributed by atoms with Gasteiger partial charge in [0.15, 0.2) is 6.29 Å². The van der Waals surface area contributed by atoms with Crippen LogP contribution in [0.3, 0.4) is 0 Å². The van der Waals surface area contributed by atoms with E-state index in [1.54, 1.807) is 11.8 Å². The summed E-state index contributed by atoms with van der Waals surface area (Å²) in [6.07, 6.45) is 0.324. The van der Waals surface area contributed by atoms with Crippen LogP contribution in [-0.4, -0.2) is 49.4 Å². The second kappa shape index (κ2) is 10.3. The highest BCUT2D eigenvalue weighted by atomic mass is 16.7. The Bertz CT molecular complexity index is 691. The Morgan fingerprint density at radius 3 is 2.38 bits per heavy atom. The predicted octanol–water partition coefficient (Wildman–Crippen LogP) is 2.96. The summed E-state index contributed by atoms with van der Waals surface area (Å²) in [7, 11) is 0. The van der Waals surface area contributed by atoms with Gasteiger partial charge in [-0.25, -0.2) is 0 Å². The normalized spacial score (nSPS) is 12.5. The van der Waals surface area contributed by atoms with E-state index in [9.17, 15) is 4.79 Å². The summed E-state index contributed by atoms with van der Waals surface area (Å²) >= 11 is 0. The Kier molecular flexibility index (Phi) is 8.04. The average Bonchev–Trinajstić information content (AvgIpc) is 2.64. The minimum atomic E-state index is -0.550. The topological polar surface area (TPSA) is 64.8 Å². The molecular weight excluding hydrogens is 328 g/mol. The number of nitrogens with zero attached hydrogens (tertiary/aromatic N) is 1. The summed E-state index contributed by atoms with van der Waals surface area (Å²) in [4.78, 5) is 14.3. The first-order valence-corrected chi connectivity index (χ1v) is 9.31. The third-order valence-corrected chi connectivity index (χ3v) is 4.31. The summed E-state index contributed by atoms with van der Waals surface area (Å²) in [5, 5.41) is 2.42. The van der Waals surface area contributed by atoms with Crippen molar-refractivity contribution in [3.63, 3.8) is 0 Å². The van der Waals surface area contributed by atoms with Crippen LogP contribution in [0.2, 0.25) is 0 Å². The van der Waals surface area contributed by atoms with Gasteiger partial charge >= 0.3 is 0 Å². The van der Waals surface area contributed by atoms with Crippen LogP contribution in [-0.2, 0) is 20.7 Å². The van der Waals surface area contributed by atoms with Crippen molar-refractivity contribution in [3.8, 4) is 0 Å². The smallest absolute Gasteiger partial charge is 0.239 e. The molecule has 2 N–H and O–H groups in total. The number of nitrogens with two attached hydrogens (primary N) is 1. The van der Waals surface area contributed by atoms with Crippen LogP contribution in [0.1, 0.15) is 26.3 Å². The van der Waals surface area contributed by atoms with Crippen molar-refractivity contribution in [1.29, 1.82) is 0 Å². The zero-order valence-corrected chi connectivity index (χ0v) is 16.0. The largest absolute Gasteiger partial charge is 0.351 e. The molecule has 0 spiro atoms. The third kappa shape index (κ3) is 5.53. The molecule has 2 rings (SSSR count). The lowest BCUT2D eigenvalue weighted by atomic mass is 10.0.